The Hall–Kier alpha value is -1.73. The van der Waals surface area contributed by atoms with E-state index in [1.54, 1.807) is 6.33 Å². The van der Waals surface area contributed by atoms with Crippen molar-refractivity contribution < 1.29 is 9.53 Å². The SMILES string of the molecule is O=C(CC1CCN(c2ncnc3ccc(Br)cc23)CC1)NC1CCOCC1. The molecule has 7 heteroatoms. The van der Waals surface area contributed by atoms with Crippen molar-refractivity contribution in [3.05, 3.63) is 29.0 Å². The fourth-order valence-electron chi connectivity index (χ4n) is 4.01. The van der Waals surface area contributed by atoms with Gasteiger partial charge in [-0.05, 0) is 49.8 Å². The average molecular weight is 433 g/mol. The summed E-state index contributed by atoms with van der Waals surface area (Å²) in [6, 6.07) is 6.38. The molecule has 0 aliphatic carbocycles. The first kappa shape index (κ1) is 18.6. The molecule has 0 unspecified atom stereocenters. The number of carbonyl (C=O) groups is 1. The first-order valence-corrected chi connectivity index (χ1v) is 10.5. The van der Waals surface area contributed by atoms with Gasteiger partial charge in [0.05, 0.1) is 5.52 Å². The van der Waals surface area contributed by atoms with Crippen LogP contribution in [0, 0.1) is 5.92 Å². The lowest BCUT2D eigenvalue weighted by Crippen LogP contribution is -2.41. The lowest BCUT2D eigenvalue weighted by molar-refractivity contribution is -0.123. The molecule has 27 heavy (non-hydrogen) atoms. The molecule has 1 aromatic heterocycles. The zero-order valence-electron chi connectivity index (χ0n) is 15.4. The van der Waals surface area contributed by atoms with E-state index in [0.717, 1.165) is 73.2 Å². The van der Waals surface area contributed by atoms with Crippen LogP contribution >= 0.6 is 15.9 Å². The number of aromatic nitrogens is 2. The van der Waals surface area contributed by atoms with Gasteiger partial charge in [-0.1, -0.05) is 15.9 Å². The number of hydrogen-bond acceptors (Lipinski definition) is 5. The van der Waals surface area contributed by atoms with Crippen LogP contribution in [0.15, 0.2) is 29.0 Å². The Morgan fingerprint density at radius 1 is 1.19 bits per heavy atom. The number of nitrogens with zero attached hydrogens (tertiary/aromatic N) is 3. The molecular formula is C20H25BrN4O2. The zero-order valence-corrected chi connectivity index (χ0v) is 17.0. The highest BCUT2D eigenvalue weighted by molar-refractivity contribution is 9.10. The summed E-state index contributed by atoms with van der Waals surface area (Å²) in [6.07, 6.45) is 6.16. The van der Waals surface area contributed by atoms with Gasteiger partial charge < -0.3 is 15.0 Å². The van der Waals surface area contributed by atoms with Crippen LogP contribution < -0.4 is 10.2 Å². The fourth-order valence-corrected chi connectivity index (χ4v) is 4.37. The molecule has 1 aromatic carbocycles. The van der Waals surface area contributed by atoms with Gasteiger partial charge in [0.2, 0.25) is 5.91 Å². The van der Waals surface area contributed by atoms with Gasteiger partial charge in [0.15, 0.2) is 0 Å². The number of benzene rings is 1. The summed E-state index contributed by atoms with van der Waals surface area (Å²) < 4.78 is 6.39. The first-order chi connectivity index (χ1) is 13.2. The summed E-state index contributed by atoms with van der Waals surface area (Å²) in [5.74, 6) is 1.63. The number of piperidine rings is 1. The number of amides is 1. The lowest BCUT2D eigenvalue weighted by Gasteiger charge is -2.33. The molecule has 3 heterocycles. The van der Waals surface area contributed by atoms with E-state index < -0.39 is 0 Å². The molecule has 2 fully saturated rings. The van der Waals surface area contributed by atoms with Crippen molar-refractivity contribution in [3.8, 4) is 0 Å². The lowest BCUT2D eigenvalue weighted by atomic mass is 9.92. The van der Waals surface area contributed by atoms with Gasteiger partial charge >= 0.3 is 0 Å². The minimum atomic E-state index is 0.191. The monoisotopic (exact) mass is 432 g/mol. The Bertz CT molecular complexity index is 802. The summed E-state index contributed by atoms with van der Waals surface area (Å²) in [6.45, 7) is 3.36. The second-order valence-corrected chi connectivity index (χ2v) is 8.36. The average Bonchev–Trinajstić information content (AvgIpc) is 2.69. The third-order valence-corrected chi connectivity index (χ3v) is 6.04. The Labute approximate surface area is 167 Å². The number of hydrogen-bond donors (Lipinski definition) is 1. The minimum Gasteiger partial charge on any atom is -0.381 e. The third kappa shape index (κ3) is 4.58. The topological polar surface area (TPSA) is 67.4 Å². The number of ether oxygens (including phenoxy) is 1. The van der Waals surface area contributed by atoms with Crippen molar-refractivity contribution in [2.45, 2.75) is 38.1 Å². The molecule has 0 atom stereocenters. The van der Waals surface area contributed by atoms with Gasteiger partial charge in [-0.15, -0.1) is 0 Å². The highest BCUT2D eigenvalue weighted by atomic mass is 79.9. The van der Waals surface area contributed by atoms with E-state index in [2.05, 4.69) is 42.2 Å². The van der Waals surface area contributed by atoms with Crippen molar-refractivity contribution in [2.75, 3.05) is 31.2 Å². The minimum absolute atomic E-state index is 0.191. The predicted octanol–water partition coefficient (Wildman–Crippen LogP) is 3.29. The highest BCUT2D eigenvalue weighted by Crippen LogP contribution is 2.30. The molecule has 2 aliphatic rings. The number of nitrogens with one attached hydrogen (secondary N) is 1. The van der Waals surface area contributed by atoms with E-state index in [0.29, 0.717) is 12.3 Å². The molecule has 6 nitrogen and oxygen atoms in total. The van der Waals surface area contributed by atoms with Crippen LogP contribution in [-0.2, 0) is 9.53 Å². The molecule has 0 radical (unpaired) electrons. The summed E-state index contributed by atoms with van der Waals surface area (Å²) >= 11 is 3.54. The summed E-state index contributed by atoms with van der Waals surface area (Å²) in [5.41, 5.74) is 0.959. The standard InChI is InChI=1S/C20H25BrN4O2/c21-15-1-2-18-17(12-15)20(23-13-22-18)25-7-3-14(4-8-25)11-19(26)24-16-5-9-27-10-6-16/h1-2,12-14,16H,3-11H2,(H,24,26). The molecule has 2 aliphatic heterocycles. The van der Waals surface area contributed by atoms with E-state index >= 15 is 0 Å². The third-order valence-electron chi connectivity index (χ3n) is 5.55. The van der Waals surface area contributed by atoms with Crippen LogP contribution in [-0.4, -0.2) is 48.2 Å². The van der Waals surface area contributed by atoms with E-state index in [1.807, 2.05) is 12.1 Å². The number of fused-ring (bicyclic) bond motifs is 1. The Morgan fingerprint density at radius 2 is 1.96 bits per heavy atom. The van der Waals surface area contributed by atoms with Gasteiger partial charge in [-0.2, -0.15) is 0 Å². The Balaban J connectivity index is 1.34. The quantitative estimate of drug-likeness (QED) is 0.802. The van der Waals surface area contributed by atoms with E-state index in [9.17, 15) is 4.79 Å². The Morgan fingerprint density at radius 3 is 2.74 bits per heavy atom. The number of halogens is 1. The van der Waals surface area contributed by atoms with Crippen molar-refractivity contribution in [3.63, 3.8) is 0 Å². The fraction of sp³-hybridized carbons (Fsp3) is 0.550. The van der Waals surface area contributed by atoms with Crippen LogP contribution in [0.4, 0.5) is 5.82 Å². The molecule has 1 amide bonds. The van der Waals surface area contributed by atoms with Crippen molar-refractivity contribution >= 4 is 38.6 Å². The van der Waals surface area contributed by atoms with Gasteiger partial charge in [-0.3, -0.25) is 4.79 Å². The molecular weight excluding hydrogens is 408 g/mol. The van der Waals surface area contributed by atoms with Crippen molar-refractivity contribution in [1.29, 1.82) is 0 Å². The van der Waals surface area contributed by atoms with Crippen LogP contribution in [0.25, 0.3) is 10.9 Å². The molecule has 4 rings (SSSR count). The molecule has 2 saturated heterocycles. The van der Waals surface area contributed by atoms with Crippen LogP contribution in [0.2, 0.25) is 0 Å². The maximum absolute atomic E-state index is 12.4. The van der Waals surface area contributed by atoms with Crippen LogP contribution in [0.1, 0.15) is 32.1 Å². The molecule has 0 saturated carbocycles. The smallest absolute Gasteiger partial charge is 0.220 e. The van der Waals surface area contributed by atoms with Gasteiger partial charge in [0.25, 0.3) is 0 Å². The normalized spacial score (nSPS) is 19.4. The zero-order chi connectivity index (χ0) is 18.6. The van der Waals surface area contributed by atoms with Crippen LogP contribution in [0.3, 0.4) is 0 Å². The predicted molar refractivity (Wildman–Crippen MR) is 109 cm³/mol. The van der Waals surface area contributed by atoms with E-state index in [-0.39, 0.29) is 11.9 Å². The molecule has 0 bridgehead atoms. The van der Waals surface area contributed by atoms with Crippen LogP contribution in [0.5, 0.6) is 0 Å². The van der Waals surface area contributed by atoms with Gasteiger partial charge in [0.1, 0.15) is 12.1 Å². The summed E-state index contributed by atoms with van der Waals surface area (Å²) in [4.78, 5) is 23.6. The molecule has 0 spiro atoms. The van der Waals surface area contributed by atoms with Crippen molar-refractivity contribution in [2.24, 2.45) is 5.92 Å². The molecule has 1 N–H and O–H groups in total. The van der Waals surface area contributed by atoms with E-state index in [1.165, 1.54) is 0 Å². The number of rotatable bonds is 4. The molecule has 2 aromatic rings. The Kier molecular flexibility index (Phi) is 5.88. The second-order valence-electron chi connectivity index (χ2n) is 7.45. The second kappa shape index (κ2) is 8.52. The van der Waals surface area contributed by atoms with Crippen molar-refractivity contribution in [1.82, 2.24) is 15.3 Å². The first-order valence-electron chi connectivity index (χ1n) is 9.71. The highest BCUT2D eigenvalue weighted by Gasteiger charge is 2.25. The maximum Gasteiger partial charge on any atom is 0.220 e. The maximum atomic E-state index is 12.4. The molecule has 144 valence electrons. The summed E-state index contributed by atoms with van der Waals surface area (Å²) in [5, 5.41) is 4.25. The van der Waals surface area contributed by atoms with E-state index in [4.69, 9.17) is 4.74 Å². The number of carbonyl (C=O) groups excluding carboxylic acids is 1. The van der Waals surface area contributed by atoms with Gasteiger partial charge in [-0.25, -0.2) is 9.97 Å². The largest absolute Gasteiger partial charge is 0.381 e. The van der Waals surface area contributed by atoms with Gasteiger partial charge in [0, 0.05) is 48.6 Å². The number of anilines is 1. The summed E-state index contributed by atoms with van der Waals surface area (Å²) in [7, 11) is 0.